The lowest BCUT2D eigenvalue weighted by molar-refractivity contribution is 0.0486. The van der Waals surface area contributed by atoms with Gasteiger partial charge in [0.1, 0.15) is 17.2 Å². The Hall–Kier alpha value is -3.96. The van der Waals surface area contributed by atoms with E-state index in [-0.39, 0.29) is 5.78 Å². The van der Waals surface area contributed by atoms with Crippen LogP contribution in [0.25, 0.3) is 0 Å². The number of amides is 2. The van der Waals surface area contributed by atoms with Gasteiger partial charge >= 0.3 is 12.2 Å². The molecule has 0 heterocycles. The highest BCUT2D eigenvalue weighted by molar-refractivity contribution is 6.01. The molecule has 0 aromatic heterocycles. The number of nitrogens with zero attached hydrogens (tertiary/aromatic N) is 1. The summed E-state index contributed by atoms with van der Waals surface area (Å²) in [6, 6.07) is 9.48. The highest BCUT2D eigenvalue weighted by atomic mass is 16.6. The minimum absolute atomic E-state index is 0.170. The standard InChI is InChI=1S/C17H21NO3.C11H16N2O2/c1-5-6-12-14(18-16(20)21-17(2,3)4)15(19)13-10-8-7-9-11-13;1-5-6-7-9(8-12)13-10(14)15-11(2,3)4/h1,7-11,14H,6,12H2,2-4H3,(H,18,20);1,9H,6-7H2,2-4H3,(H,13,14). The molecule has 194 valence electrons. The number of carbonyl (C=O) groups excluding carboxylic acids is 3. The Morgan fingerprint density at radius 3 is 1.78 bits per heavy atom. The predicted octanol–water partition coefficient (Wildman–Crippen LogP) is 4.99. The molecule has 2 N–H and O–H groups in total. The maximum absolute atomic E-state index is 12.4. The van der Waals surface area contributed by atoms with Crippen molar-refractivity contribution >= 4 is 18.0 Å². The van der Waals surface area contributed by atoms with Gasteiger partial charge in [-0.3, -0.25) is 4.79 Å². The van der Waals surface area contributed by atoms with Crippen LogP contribution in [0.5, 0.6) is 0 Å². The number of nitrogens with one attached hydrogen (secondary N) is 2. The first-order valence-corrected chi connectivity index (χ1v) is 11.6. The second-order valence-electron chi connectivity index (χ2n) is 9.74. The number of Topliss-reactive ketones (excluding diaryl/α,β-unsaturated/α-hetero) is 1. The largest absolute Gasteiger partial charge is 0.444 e. The number of ether oxygens (including phenoxy) is 2. The van der Waals surface area contributed by atoms with Gasteiger partial charge in [-0.2, -0.15) is 5.26 Å². The van der Waals surface area contributed by atoms with Crippen LogP contribution in [0, 0.1) is 36.0 Å². The third-order valence-corrected chi connectivity index (χ3v) is 4.07. The molecule has 0 bridgehead atoms. The number of benzene rings is 1. The molecule has 0 aliphatic carbocycles. The fourth-order valence-corrected chi connectivity index (χ4v) is 2.60. The average molecular weight is 496 g/mol. The van der Waals surface area contributed by atoms with E-state index in [2.05, 4.69) is 22.5 Å². The van der Waals surface area contributed by atoms with E-state index < -0.39 is 35.5 Å². The quantitative estimate of drug-likeness (QED) is 0.387. The molecule has 0 saturated heterocycles. The van der Waals surface area contributed by atoms with Crippen molar-refractivity contribution in [3.05, 3.63) is 35.9 Å². The van der Waals surface area contributed by atoms with Crippen LogP contribution in [0.2, 0.25) is 0 Å². The zero-order valence-corrected chi connectivity index (χ0v) is 22.0. The molecule has 2 amide bonds. The SMILES string of the molecule is C#CCCC(C#N)NC(=O)OC(C)(C)C.C#CCCC(NC(=O)OC(C)(C)C)C(=O)c1ccccc1. The summed E-state index contributed by atoms with van der Waals surface area (Å²) in [5.41, 5.74) is -0.636. The number of hydrogen-bond acceptors (Lipinski definition) is 6. The van der Waals surface area contributed by atoms with Gasteiger partial charge in [-0.05, 0) is 54.4 Å². The fourth-order valence-electron chi connectivity index (χ4n) is 2.60. The normalized spacial score (nSPS) is 12.1. The molecule has 36 heavy (non-hydrogen) atoms. The van der Waals surface area contributed by atoms with Gasteiger partial charge in [-0.25, -0.2) is 9.59 Å². The first-order chi connectivity index (χ1) is 16.7. The number of nitriles is 1. The van der Waals surface area contributed by atoms with Gasteiger partial charge in [0, 0.05) is 18.4 Å². The van der Waals surface area contributed by atoms with E-state index in [4.69, 9.17) is 27.6 Å². The summed E-state index contributed by atoms with van der Waals surface area (Å²) >= 11 is 0. The summed E-state index contributed by atoms with van der Waals surface area (Å²) in [5.74, 6) is 4.72. The maximum atomic E-state index is 12.4. The summed E-state index contributed by atoms with van der Waals surface area (Å²) in [6.45, 7) is 10.6. The highest BCUT2D eigenvalue weighted by Crippen LogP contribution is 2.11. The van der Waals surface area contributed by atoms with E-state index in [1.54, 1.807) is 65.8 Å². The Kier molecular flexibility index (Phi) is 14.1. The molecule has 0 aliphatic heterocycles. The van der Waals surface area contributed by atoms with Gasteiger partial charge in [-0.15, -0.1) is 24.7 Å². The van der Waals surface area contributed by atoms with E-state index in [9.17, 15) is 14.4 Å². The second-order valence-corrected chi connectivity index (χ2v) is 9.74. The fraction of sp³-hybridized carbons (Fsp3) is 0.500. The Balaban J connectivity index is 0.000000723. The third-order valence-electron chi connectivity index (χ3n) is 4.07. The number of hydrogen-bond donors (Lipinski definition) is 2. The molecule has 8 nitrogen and oxygen atoms in total. The first kappa shape index (κ1) is 32.0. The van der Waals surface area contributed by atoms with E-state index >= 15 is 0 Å². The summed E-state index contributed by atoms with van der Waals surface area (Å²) in [7, 11) is 0. The molecule has 0 radical (unpaired) electrons. The monoisotopic (exact) mass is 495 g/mol. The van der Waals surface area contributed by atoms with Crippen LogP contribution in [-0.4, -0.2) is 41.3 Å². The molecule has 0 aliphatic rings. The molecule has 0 saturated carbocycles. The van der Waals surface area contributed by atoms with E-state index in [1.807, 2.05) is 12.1 Å². The number of rotatable bonds is 8. The minimum Gasteiger partial charge on any atom is -0.444 e. The van der Waals surface area contributed by atoms with Gasteiger partial charge in [0.25, 0.3) is 0 Å². The van der Waals surface area contributed by atoms with Gasteiger partial charge in [0.05, 0.1) is 12.1 Å². The number of terminal acetylenes is 2. The highest BCUT2D eigenvalue weighted by Gasteiger charge is 2.24. The van der Waals surface area contributed by atoms with Crippen molar-refractivity contribution < 1.29 is 23.9 Å². The Morgan fingerprint density at radius 1 is 0.861 bits per heavy atom. The van der Waals surface area contributed by atoms with E-state index in [1.165, 1.54) is 0 Å². The number of ketones is 1. The van der Waals surface area contributed by atoms with Gasteiger partial charge < -0.3 is 20.1 Å². The van der Waals surface area contributed by atoms with Crippen molar-refractivity contribution in [2.24, 2.45) is 0 Å². The molecule has 8 heteroatoms. The molecule has 1 aromatic rings. The van der Waals surface area contributed by atoms with Crippen LogP contribution < -0.4 is 10.6 Å². The first-order valence-electron chi connectivity index (χ1n) is 11.6. The lowest BCUT2D eigenvalue weighted by Gasteiger charge is -2.23. The van der Waals surface area contributed by atoms with Crippen molar-refractivity contribution in [3.8, 4) is 30.8 Å². The predicted molar refractivity (Wildman–Crippen MR) is 139 cm³/mol. The van der Waals surface area contributed by atoms with Crippen LogP contribution in [0.1, 0.15) is 77.6 Å². The van der Waals surface area contributed by atoms with Crippen LogP contribution in [0.4, 0.5) is 9.59 Å². The molecule has 2 atom stereocenters. The summed E-state index contributed by atoms with van der Waals surface area (Å²) in [6.07, 6.45) is 10.8. The van der Waals surface area contributed by atoms with Crippen LogP contribution >= 0.6 is 0 Å². The lowest BCUT2D eigenvalue weighted by Crippen LogP contribution is -2.43. The van der Waals surface area contributed by atoms with Crippen LogP contribution in [0.3, 0.4) is 0 Å². The molecular weight excluding hydrogens is 458 g/mol. The number of alkyl carbamates (subject to hydrolysis) is 2. The van der Waals surface area contributed by atoms with Crippen LogP contribution in [-0.2, 0) is 9.47 Å². The molecular formula is C28H37N3O5. The number of carbonyl (C=O) groups is 3. The summed E-state index contributed by atoms with van der Waals surface area (Å²) in [4.78, 5) is 35.5. The Morgan fingerprint density at radius 2 is 1.33 bits per heavy atom. The van der Waals surface area contributed by atoms with Gasteiger partial charge in [0.15, 0.2) is 5.78 Å². The van der Waals surface area contributed by atoms with Crippen molar-refractivity contribution in [2.45, 2.75) is 90.5 Å². The zero-order chi connectivity index (χ0) is 27.8. The second kappa shape index (κ2) is 15.8. The van der Waals surface area contributed by atoms with Crippen LogP contribution in [0.15, 0.2) is 30.3 Å². The van der Waals surface area contributed by atoms with Crippen molar-refractivity contribution in [1.29, 1.82) is 5.26 Å². The Labute approximate surface area is 215 Å². The molecule has 1 rings (SSSR count). The van der Waals surface area contributed by atoms with Crippen molar-refractivity contribution in [1.82, 2.24) is 10.6 Å². The summed E-state index contributed by atoms with van der Waals surface area (Å²) in [5, 5.41) is 13.8. The average Bonchev–Trinajstić information content (AvgIpc) is 2.77. The third kappa shape index (κ3) is 15.8. The zero-order valence-electron chi connectivity index (χ0n) is 22.0. The maximum Gasteiger partial charge on any atom is 0.408 e. The molecule has 0 fully saturated rings. The smallest absolute Gasteiger partial charge is 0.408 e. The van der Waals surface area contributed by atoms with Gasteiger partial charge in [-0.1, -0.05) is 30.3 Å². The van der Waals surface area contributed by atoms with Crippen molar-refractivity contribution in [3.63, 3.8) is 0 Å². The van der Waals surface area contributed by atoms with E-state index in [0.29, 0.717) is 31.2 Å². The molecule has 1 aromatic carbocycles. The van der Waals surface area contributed by atoms with E-state index in [0.717, 1.165) is 0 Å². The lowest BCUT2D eigenvalue weighted by atomic mass is 10.0. The minimum atomic E-state index is -0.682. The van der Waals surface area contributed by atoms with Crippen molar-refractivity contribution in [2.75, 3.05) is 0 Å². The topological polar surface area (TPSA) is 118 Å². The van der Waals surface area contributed by atoms with Gasteiger partial charge in [0.2, 0.25) is 0 Å². The molecule has 0 spiro atoms. The molecule has 2 unspecified atom stereocenters. The Bertz CT molecular complexity index is 970. The summed E-state index contributed by atoms with van der Waals surface area (Å²) < 4.78 is 10.2.